The fourth-order valence-electron chi connectivity index (χ4n) is 1.69. The summed E-state index contributed by atoms with van der Waals surface area (Å²) in [4.78, 5) is 0. The van der Waals surface area contributed by atoms with Gasteiger partial charge < -0.3 is 15.8 Å². The van der Waals surface area contributed by atoms with Gasteiger partial charge in [0.25, 0.3) is 0 Å². The standard InChI is InChI=1S/C14H12BrN3O/c1-19-14-5-2-10(15)7-13(14)18-12-4-3-11(17)6-9(12)8-16/h2-7,18H,17H2,1H3. The van der Waals surface area contributed by atoms with E-state index in [4.69, 9.17) is 15.7 Å². The fraction of sp³-hybridized carbons (Fsp3) is 0.0714. The van der Waals surface area contributed by atoms with Crippen molar-refractivity contribution in [1.82, 2.24) is 0 Å². The molecule has 0 atom stereocenters. The van der Waals surface area contributed by atoms with E-state index in [9.17, 15) is 0 Å². The first-order chi connectivity index (χ1) is 9.13. The molecule has 2 aromatic carbocycles. The maximum Gasteiger partial charge on any atom is 0.142 e. The molecule has 3 N–H and O–H groups in total. The Morgan fingerprint density at radius 1 is 1.21 bits per heavy atom. The minimum Gasteiger partial charge on any atom is -0.495 e. The molecule has 0 radical (unpaired) electrons. The van der Waals surface area contributed by atoms with Crippen molar-refractivity contribution in [1.29, 1.82) is 5.26 Å². The third-order valence-electron chi connectivity index (χ3n) is 2.59. The zero-order valence-corrected chi connectivity index (χ0v) is 11.9. The van der Waals surface area contributed by atoms with Crippen LogP contribution in [0.1, 0.15) is 5.56 Å². The normalized spacial score (nSPS) is 9.74. The Hall–Kier alpha value is -2.19. The molecule has 19 heavy (non-hydrogen) atoms. The number of ether oxygens (including phenoxy) is 1. The zero-order valence-electron chi connectivity index (χ0n) is 10.3. The lowest BCUT2D eigenvalue weighted by Crippen LogP contribution is -1.98. The van der Waals surface area contributed by atoms with E-state index in [1.54, 1.807) is 25.3 Å². The monoisotopic (exact) mass is 317 g/mol. The van der Waals surface area contributed by atoms with Gasteiger partial charge in [0.2, 0.25) is 0 Å². The predicted octanol–water partition coefficient (Wildman–Crippen LogP) is 3.66. The molecule has 96 valence electrons. The average molecular weight is 318 g/mol. The van der Waals surface area contributed by atoms with E-state index in [0.717, 1.165) is 10.2 Å². The summed E-state index contributed by atoms with van der Waals surface area (Å²) in [6, 6.07) is 12.9. The lowest BCUT2D eigenvalue weighted by atomic mass is 10.1. The van der Waals surface area contributed by atoms with Crippen molar-refractivity contribution >= 4 is 33.0 Å². The summed E-state index contributed by atoms with van der Waals surface area (Å²) in [5.41, 5.74) is 8.18. The highest BCUT2D eigenvalue weighted by atomic mass is 79.9. The topological polar surface area (TPSA) is 71.1 Å². The van der Waals surface area contributed by atoms with Gasteiger partial charge in [-0.1, -0.05) is 15.9 Å². The maximum absolute atomic E-state index is 9.12. The number of methoxy groups -OCH3 is 1. The highest BCUT2D eigenvalue weighted by Crippen LogP contribution is 2.32. The number of nitrogens with zero attached hydrogens (tertiary/aromatic N) is 1. The van der Waals surface area contributed by atoms with Crippen LogP contribution in [0.25, 0.3) is 0 Å². The molecule has 0 saturated carbocycles. The van der Waals surface area contributed by atoms with Crippen LogP contribution in [-0.2, 0) is 0 Å². The number of anilines is 3. The number of halogens is 1. The Kier molecular flexibility index (Phi) is 3.93. The Labute approximate surface area is 119 Å². The van der Waals surface area contributed by atoms with Gasteiger partial charge in [-0.2, -0.15) is 5.26 Å². The molecule has 0 fully saturated rings. The second-order valence-corrected chi connectivity index (χ2v) is 4.80. The SMILES string of the molecule is COc1ccc(Br)cc1Nc1ccc(N)cc1C#N. The fourth-order valence-corrected chi connectivity index (χ4v) is 2.05. The largest absolute Gasteiger partial charge is 0.495 e. The number of hydrogen-bond acceptors (Lipinski definition) is 4. The van der Waals surface area contributed by atoms with E-state index in [2.05, 4.69) is 27.3 Å². The smallest absolute Gasteiger partial charge is 0.142 e. The molecule has 2 rings (SSSR count). The number of nitrogens with two attached hydrogens (primary N) is 1. The van der Waals surface area contributed by atoms with Crippen molar-refractivity contribution in [2.75, 3.05) is 18.2 Å². The highest BCUT2D eigenvalue weighted by Gasteiger charge is 2.07. The summed E-state index contributed by atoms with van der Waals surface area (Å²) in [6.45, 7) is 0. The van der Waals surface area contributed by atoms with E-state index in [-0.39, 0.29) is 0 Å². The molecule has 0 amide bonds. The van der Waals surface area contributed by atoms with E-state index >= 15 is 0 Å². The van der Waals surface area contributed by atoms with Crippen LogP contribution in [0, 0.1) is 11.3 Å². The summed E-state index contributed by atoms with van der Waals surface area (Å²) in [6.07, 6.45) is 0. The van der Waals surface area contributed by atoms with Crippen LogP contribution >= 0.6 is 15.9 Å². The summed E-state index contributed by atoms with van der Waals surface area (Å²) in [5.74, 6) is 0.698. The highest BCUT2D eigenvalue weighted by molar-refractivity contribution is 9.10. The van der Waals surface area contributed by atoms with Crippen LogP contribution in [0.15, 0.2) is 40.9 Å². The van der Waals surface area contributed by atoms with Crippen molar-refractivity contribution in [3.63, 3.8) is 0 Å². The van der Waals surface area contributed by atoms with E-state index in [1.165, 1.54) is 0 Å². The van der Waals surface area contributed by atoms with Gasteiger partial charge in [-0.05, 0) is 36.4 Å². The molecule has 0 heterocycles. The molecule has 0 spiro atoms. The molecule has 0 bridgehead atoms. The van der Waals surface area contributed by atoms with E-state index < -0.39 is 0 Å². The van der Waals surface area contributed by atoms with Gasteiger partial charge in [-0.3, -0.25) is 0 Å². The first-order valence-electron chi connectivity index (χ1n) is 5.54. The van der Waals surface area contributed by atoms with Gasteiger partial charge in [0.1, 0.15) is 11.8 Å². The molecular formula is C14H12BrN3O. The van der Waals surface area contributed by atoms with Crippen LogP contribution in [0.3, 0.4) is 0 Å². The lowest BCUT2D eigenvalue weighted by Gasteiger charge is -2.13. The molecule has 4 nitrogen and oxygen atoms in total. The van der Waals surface area contributed by atoms with Crippen molar-refractivity contribution in [3.8, 4) is 11.8 Å². The number of benzene rings is 2. The number of nitrogen functional groups attached to an aromatic ring is 1. The molecule has 0 aliphatic heterocycles. The van der Waals surface area contributed by atoms with Crippen LogP contribution in [0.2, 0.25) is 0 Å². The summed E-state index contributed by atoms with van der Waals surface area (Å²) in [7, 11) is 1.60. The molecule has 0 saturated heterocycles. The van der Waals surface area contributed by atoms with Crippen molar-refractivity contribution in [2.45, 2.75) is 0 Å². The summed E-state index contributed by atoms with van der Waals surface area (Å²) >= 11 is 3.41. The Balaban J connectivity index is 2.41. The molecule has 0 aliphatic carbocycles. The molecule has 5 heteroatoms. The Morgan fingerprint density at radius 3 is 2.68 bits per heavy atom. The van der Waals surface area contributed by atoms with Crippen molar-refractivity contribution < 1.29 is 4.74 Å². The summed E-state index contributed by atoms with van der Waals surface area (Å²) in [5, 5.41) is 12.3. The van der Waals surface area contributed by atoms with Gasteiger partial charge in [0, 0.05) is 10.2 Å². The molecule has 0 aliphatic rings. The van der Waals surface area contributed by atoms with Gasteiger partial charge in [0.05, 0.1) is 24.0 Å². The Bertz CT molecular complexity index is 650. The lowest BCUT2D eigenvalue weighted by molar-refractivity contribution is 0.417. The van der Waals surface area contributed by atoms with Crippen molar-refractivity contribution in [3.05, 3.63) is 46.4 Å². The van der Waals surface area contributed by atoms with Crippen LogP contribution in [0.4, 0.5) is 17.1 Å². The first-order valence-corrected chi connectivity index (χ1v) is 6.33. The molecular weight excluding hydrogens is 306 g/mol. The first kappa shape index (κ1) is 13.2. The average Bonchev–Trinajstić information content (AvgIpc) is 2.41. The second-order valence-electron chi connectivity index (χ2n) is 3.89. The third kappa shape index (κ3) is 2.98. The summed E-state index contributed by atoms with van der Waals surface area (Å²) < 4.78 is 6.20. The molecule has 2 aromatic rings. The molecule has 0 unspecified atom stereocenters. The zero-order chi connectivity index (χ0) is 13.8. The minimum absolute atomic E-state index is 0.488. The number of nitriles is 1. The van der Waals surface area contributed by atoms with Crippen molar-refractivity contribution in [2.24, 2.45) is 0 Å². The maximum atomic E-state index is 9.12. The van der Waals surface area contributed by atoms with E-state index in [1.807, 2.05) is 18.2 Å². The molecule has 0 aromatic heterocycles. The van der Waals surface area contributed by atoms with Crippen LogP contribution in [0.5, 0.6) is 5.75 Å². The quantitative estimate of drug-likeness (QED) is 0.847. The third-order valence-corrected chi connectivity index (χ3v) is 3.09. The van der Waals surface area contributed by atoms with Gasteiger partial charge in [0.15, 0.2) is 0 Å². The van der Waals surface area contributed by atoms with Gasteiger partial charge in [-0.25, -0.2) is 0 Å². The number of hydrogen-bond donors (Lipinski definition) is 2. The van der Waals surface area contributed by atoms with Gasteiger partial charge in [-0.15, -0.1) is 0 Å². The minimum atomic E-state index is 0.488. The van der Waals surface area contributed by atoms with Crippen LogP contribution < -0.4 is 15.8 Å². The number of nitrogens with one attached hydrogen (secondary N) is 1. The Morgan fingerprint density at radius 2 is 2.00 bits per heavy atom. The van der Waals surface area contributed by atoms with Gasteiger partial charge >= 0.3 is 0 Å². The second kappa shape index (κ2) is 5.63. The number of rotatable bonds is 3. The van der Waals surface area contributed by atoms with E-state index in [0.29, 0.717) is 22.7 Å². The predicted molar refractivity (Wildman–Crippen MR) is 79.5 cm³/mol. The van der Waals surface area contributed by atoms with Crippen LogP contribution in [-0.4, -0.2) is 7.11 Å².